The fourth-order valence-corrected chi connectivity index (χ4v) is 5.20. The van der Waals surface area contributed by atoms with Crippen molar-refractivity contribution in [3.05, 3.63) is 71.4 Å². The zero-order valence-electron chi connectivity index (χ0n) is 21.2. The lowest BCUT2D eigenvalue weighted by atomic mass is 9.87. The van der Waals surface area contributed by atoms with Gasteiger partial charge in [-0.1, -0.05) is 75.0 Å². The summed E-state index contributed by atoms with van der Waals surface area (Å²) >= 11 is 2.76. The van der Waals surface area contributed by atoms with Crippen LogP contribution in [0.4, 0.5) is 5.13 Å². The van der Waals surface area contributed by atoms with E-state index in [4.69, 9.17) is 4.74 Å². The van der Waals surface area contributed by atoms with Crippen LogP contribution in [0.1, 0.15) is 52.1 Å². The first kappa shape index (κ1) is 25.9. The molecule has 0 bridgehead atoms. The lowest BCUT2D eigenvalue weighted by Crippen LogP contribution is -2.15. The average Bonchev–Trinajstić information content (AvgIpc) is 3.50. The molecule has 2 heterocycles. The van der Waals surface area contributed by atoms with Gasteiger partial charge in [-0.05, 0) is 37.0 Å². The van der Waals surface area contributed by atoms with Crippen LogP contribution < -0.4 is 10.1 Å². The number of benzene rings is 2. The minimum absolute atomic E-state index is 0.0920. The van der Waals surface area contributed by atoms with E-state index in [1.54, 1.807) is 0 Å². The minimum Gasteiger partial charge on any atom is -0.483 e. The van der Waals surface area contributed by atoms with E-state index in [1.807, 2.05) is 66.3 Å². The second-order valence-corrected chi connectivity index (χ2v) is 11.2. The zero-order valence-corrected chi connectivity index (χ0v) is 22.8. The number of aromatic nitrogens is 4. The molecule has 0 aliphatic heterocycles. The fraction of sp³-hybridized carbons (Fsp3) is 0.333. The molecule has 7 nitrogen and oxygen atoms in total. The van der Waals surface area contributed by atoms with Gasteiger partial charge in [-0.3, -0.25) is 4.79 Å². The highest BCUT2D eigenvalue weighted by Crippen LogP contribution is 2.28. The number of carbonyl (C=O) groups excluding carboxylic acids is 1. The molecular formula is C27H31N5O2S2. The zero-order chi connectivity index (χ0) is 25.7. The third kappa shape index (κ3) is 6.33. The van der Waals surface area contributed by atoms with Gasteiger partial charge in [0.2, 0.25) is 5.91 Å². The molecule has 0 saturated heterocycles. The number of thioether (sulfide) groups is 1. The predicted molar refractivity (Wildman–Crippen MR) is 147 cm³/mol. The Morgan fingerprint density at radius 2 is 1.83 bits per heavy atom. The second-order valence-electron chi connectivity index (χ2n) is 9.36. The molecule has 2 aromatic heterocycles. The van der Waals surface area contributed by atoms with E-state index in [9.17, 15) is 4.79 Å². The highest BCUT2D eigenvalue weighted by Gasteiger charge is 2.20. The first-order valence-electron chi connectivity index (χ1n) is 11.9. The molecule has 1 amide bonds. The summed E-state index contributed by atoms with van der Waals surface area (Å²) in [5.41, 5.74) is 3.22. The van der Waals surface area contributed by atoms with Crippen LogP contribution in [0.3, 0.4) is 0 Å². The van der Waals surface area contributed by atoms with Crippen molar-refractivity contribution in [3.8, 4) is 17.0 Å². The van der Waals surface area contributed by atoms with Gasteiger partial charge in [0.25, 0.3) is 0 Å². The van der Waals surface area contributed by atoms with Crippen molar-refractivity contribution < 1.29 is 9.53 Å². The molecule has 2 aromatic carbocycles. The number of hydrogen-bond acceptors (Lipinski definition) is 7. The monoisotopic (exact) mass is 521 g/mol. The lowest BCUT2D eigenvalue weighted by molar-refractivity contribution is -0.113. The summed E-state index contributed by atoms with van der Waals surface area (Å²) in [5, 5.41) is 14.8. The van der Waals surface area contributed by atoms with E-state index in [0.717, 1.165) is 22.8 Å². The molecule has 0 spiro atoms. The molecule has 1 unspecified atom stereocenters. The van der Waals surface area contributed by atoms with Crippen LogP contribution in [-0.2, 0) is 16.8 Å². The van der Waals surface area contributed by atoms with Crippen molar-refractivity contribution in [3.63, 3.8) is 0 Å². The quantitative estimate of drug-likeness (QED) is 0.250. The Kier molecular flexibility index (Phi) is 8.11. The predicted octanol–water partition coefficient (Wildman–Crippen LogP) is 6.59. The number of thiazole rings is 1. The molecule has 0 aliphatic rings. The first-order chi connectivity index (χ1) is 17.2. The summed E-state index contributed by atoms with van der Waals surface area (Å²) in [6.45, 7) is 11.2. The van der Waals surface area contributed by atoms with Crippen molar-refractivity contribution >= 4 is 34.1 Å². The molecule has 9 heteroatoms. The third-order valence-corrected chi connectivity index (χ3v) is 7.34. The normalized spacial score (nSPS) is 12.4. The molecule has 4 aromatic rings. The van der Waals surface area contributed by atoms with Crippen LogP contribution in [0.15, 0.2) is 65.1 Å². The molecule has 0 aliphatic carbocycles. The summed E-state index contributed by atoms with van der Waals surface area (Å²) in [6.07, 6.45) is -0.284. The van der Waals surface area contributed by atoms with Gasteiger partial charge in [0, 0.05) is 17.5 Å². The van der Waals surface area contributed by atoms with Crippen LogP contribution in [-0.4, -0.2) is 31.4 Å². The number of ether oxygens (including phenoxy) is 1. The number of hydrogen-bond donors (Lipinski definition) is 1. The van der Waals surface area contributed by atoms with Crippen LogP contribution in [0.25, 0.3) is 11.3 Å². The largest absolute Gasteiger partial charge is 0.483 e. The van der Waals surface area contributed by atoms with E-state index in [1.165, 1.54) is 28.7 Å². The maximum absolute atomic E-state index is 12.6. The highest BCUT2D eigenvalue weighted by atomic mass is 32.2. The minimum atomic E-state index is -0.284. The van der Waals surface area contributed by atoms with Gasteiger partial charge in [-0.15, -0.1) is 21.5 Å². The number of carbonyl (C=O) groups is 1. The Hall–Kier alpha value is -3.17. The van der Waals surface area contributed by atoms with E-state index in [0.29, 0.717) is 16.8 Å². The van der Waals surface area contributed by atoms with Gasteiger partial charge in [0.15, 0.2) is 22.2 Å². The molecule has 0 fully saturated rings. The summed E-state index contributed by atoms with van der Waals surface area (Å²) in [5.74, 6) is 1.59. The van der Waals surface area contributed by atoms with Crippen LogP contribution in [0.5, 0.6) is 5.75 Å². The topological polar surface area (TPSA) is 81.9 Å². The molecule has 188 valence electrons. The van der Waals surface area contributed by atoms with Gasteiger partial charge < -0.3 is 14.6 Å². The molecule has 0 saturated carbocycles. The summed E-state index contributed by atoms with van der Waals surface area (Å²) < 4.78 is 8.14. The lowest BCUT2D eigenvalue weighted by Gasteiger charge is -2.20. The third-order valence-electron chi connectivity index (χ3n) is 5.61. The van der Waals surface area contributed by atoms with Crippen molar-refractivity contribution in [2.24, 2.45) is 0 Å². The maximum atomic E-state index is 12.6. The maximum Gasteiger partial charge on any atom is 0.236 e. The summed E-state index contributed by atoms with van der Waals surface area (Å²) in [6, 6.07) is 18.1. The van der Waals surface area contributed by atoms with E-state index < -0.39 is 0 Å². The van der Waals surface area contributed by atoms with Gasteiger partial charge in [-0.25, -0.2) is 4.98 Å². The van der Waals surface area contributed by atoms with Gasteiger partial charge >= 0.3 is 0 Å². The molecule has 1 N–H and O–H groups in total. The first-order valence-corrected chi connectivity index (χ1v) is 13.7. The van der Waals surface area contributed by atoms with Gasteiger partial charge in [-0.2, -0.15) is 0 Å². The van der Waals surface area contributed by atoms with Crippen LogP contribution in [0, 0.1) is 0 Å². The van der Waals surface area contributed by atoms with Gasteiger partial charge in [0.1, 0.15) is 5.75 Å². The van der Waals surface area contributed by atoms with Crippen LogP contribution in [0.2, 0.25) is 0 Å². The van der Waals surface area contributed by atoms with E-state index in [2.05, 4.69) is 53.4 Å². The van der Waals surface area contributed by atoms with Crippen molar-refractivity contribution in [1.82, 2.24) is 19.7 Å². The Morgan fingerprint density at radius 3 is 2.50 bits per heavy atom. The number of anilines is 1. The molecular weight excluding hydrogens is 490 g/mol. The molecule has 36 heavy (non-hydrogen) atoms. The Labute approximate surface area is 220 Å². The fourth-order valence-electron chi connectivity index (χ4n) is 3.65. The average molecular weight is 522 g/mol. The van der Waals surface area contributed by atoms with Crippen molar-refractivity contribution in [1.29, 1.82) is 0 Å². The number of nitrogens with zero attached hydrogens (tertiary/aromatic N) is 4. The number of amides is 1. The summed E-state index contributed by atoms with van der Waals surface area (Å²) in [7, 11) is 0. The smallest absolute Gasteiger partial charge is 0.236 e. The number of nitrogens with one attached hydrogen (secondary N) is 1. The Morgan fingerprint density at radius 1 is 1.11 bits per heavy atom. The van der Waals surface area contributed by atoms with Crippen molar-refractivity contribution in [2.75, 3.05) is 11.1 Å². The van der Waals surface area contributed by atoms with Crippen LogP contribution >= 0.6 is 23.1 Å². The summed E-state index contributed by atoms with van der Waals surface area (Å²) in [4.78, 5) is 17.1. The SMILES string of the molecule is CCn1c(SCC(=O)Nc2nc(-c3ccccc3)cs2)nnc1C(C)Oc1ccc(C(C)(C)C)cc1. The molecule has 4 rings (SSSR count). The standard InChI is InChI=1S/C27H31N5O2S2/c1-6-32-24(18(2)34-21-14-12-20(13-15-21)27(3,4)5)30-31-26(32)36-17-23(33)29-25-28-22(16-35-25)19-10-8-7-9-11-19/h7-16,18H,6,17H2,1-5H3,(H,28,29,33). The molecule has 1 atom stereocenters. The van der Waals surface area contributed by atoms with E-state index >= 15 is 0 Å². The Bertz CT molecular complexity index is 1290. The molecule has 0 radical (unpaired) electrons. The van der Waals surface area contributed by atoms with Crippen molar-refractivity contribution in [2.45, 2.75) is 57.8 Å². The van der Waals surface area contributed by atoms with E-state index in [-0.39, 0.29) is 23.2 Å². The van der Waals surface area contributed by atoms with Gasteiger partial charge in [0.05, 0.1) is 11.4 Å². The second kappa shape index (κ2) is 11.3. The Balaban J connectivity index is 1.35. The number of rotatable bonds is 9. The highest BCUT2D eigenvalue weighted by molar-refractivity contribution is 7.99.